The van der Waals surface area contributed by atoms with Gasteiger partial charge >= 0.3 is 6.18 Å². The summed E-state index contributed by atoms with van der Waals surface area (Å²) in [5.74, 6) is 0.208. The molecule has 1 amide bonds. The summed E-state index contributed by atoms with van der Waals surface area (Å²) in [7, 11) is 0. The molecular weight excluding hydrogens is 361 g/mol. The van der Waals surface area contributed by atoms with Crippen molar-refractivity contribution in [2.24, 2.45) is 0 Å². The number of ether oxygens (including phenoxy) is 1. The van der Waals surface area contributed by atoms with Crippen molar-refractivity contribution in [1.82, 2.24) is 5.32 Å². The highest BCUT2D eigenvalue weighted by atomic mass is 19.4. The molecule has 27 heavy (non-hydrogen) atoms. The second-order valence-corrected chi connectivity index (χ2v) is 5.97. The summed E-state index contributed by atoms with van der Waals surface area (Å²) in [4.78, 5) is 11.2. The summed E-state index contributed by atoms with van der Waals surface area (Å²) in [5, 5.41) is 15.6. The van der Waals surface area contributed by atoms with Crippen LogP contribution in [0.1, 0.15) is 18.1 Å². The number of para-hydroxylation sites is 2. The van der Waals surface area contributed by atoms with Crippen molar-refractivity contribution >= 4 is 11.6 Å². The third-order valence-electron chi connectivity index (χ3n) is 3.62. The van der Waals surface area contributed by atoms with Crippen LogP contribution in [-0.4, -0.2) is 30.3 Å². The van der Waals surface area contributed by atoms with E-state index in [-0.39, 0.29) is 19.1 Å². The van der Waals surface area contributed by atoms with E-state index < -0.39 is 17.8 Å². The molecule has 0 bridgehead atoms. The number of carbonyl (C=O) groups excluding carboxylic acids is 1. The Bertz CT molecular complexity index is 749. The van der Waals surface area contributed by atoms with E-state index in [0.29, 0.717) is 23.5 Å². The van der Waals surface area contributed by atoms with Crippen LogP contribution < -0.4 is 15.4 Å². The number of aliphatic hydroxyl groups is 1. The molecule has 2 rings (SSSR count). The van der Waals surface area contributed by atoms with Crippen LogP contribution in [0.4, 0.5) is 18.9 Å². The van der Waals surface area contributed by atoms with Crippen LogP contribution in [0, 0.1) is 0 Å². The van der Waals surface area contributed by atoms with E-state index >= 15 is 0 Å². The Balaban J connectivity index is 1.77. The van der Waals surface area contributed by atoms with Gasteiger partial charge < -0.3 is 20.5 Å². The molecule has 1 atom stereocenters. The monoisotopic (exact) mass is 382 g/mol. The number of alkyl halides is 3. The first-order valence-electron chi connectivity index (χ1n) is 8.30. The largest absolute Gasteiger partial charge is 0.489 e. The quantitative estimate of drug-likeness (QED) is 0.656. The highest BCUT2D eigenvalue weighted by molar-refractivity contribution is 5.90. The highest BCUT2D eigenvalue weighted by Crippen LogP contribution is 2.29. The summed E-state index contributed by atoms with van der Waals surface area (Å²) in [6.07, 6.45) is -5.18. The summed E-state index contributed by atoms with van der Waals surface area (Å²) >= 11 is 0. The second kappa shape index (κ2) is 9.38. The normalized spacial score (nSPS) is 12.5. The first-order valence-corrected chi connectivity index (χ1v) is 8.30. The molecule has 0 fully saturated rings. The molecule has 0 aliphatic heterocycles. The molecule has 0 spiro atoms. The standard InChI is InChI=1S/C19H21F3N2O3/c1-13(25)24-17-4-2-3-5-18(17)27-12-16(26)11-23-10-14-6-8-15(9-7-14)19(20,21)22/h2-9,16,23,26H,10-12H2,1H3,(H,24,25). The predicted octanol–water partition coefficient (Wildman–Crippen LogP) is 3.19. The van der Waals surface area contributed by atoms with Gasteiger partial charge in [-0.05, 0) is 29.8 Å². The Morgan fingerprint density at radius 1 is 1.15 bits per heavy atom. The predicted molar refractivity (Wildman–Crippen MR) is 95.4 cm³/mol. The molecule has 146 valence electrons. The summed E-state index contributed by atoms with van der Waals surface area (Å²) in [5.41, 5.74) is 0.486. The van der Waals surface area contributed by atoms with Crippen LogP contribution in [0.3, 0.4) is 0 Å². The van der Waals surface area contributed by atoms with Gasteiger partial charge in [-0.25, -0.2) is 0 Å². The van der Waals surface area contributed by atoms with Crippen molar-refractivity contribution in [2.75, 3.05) is 18.5 Å². The van der Waals surface area contributed by atoms with Crippen molar-refractivity contribution in [2.45, 2.75) is 25.7 Å². The molecule has 0 radical (unpaired) electrons. The third kappa shape index (κ3) is 6.92. The molecule has 0 aliphatic carbocycles. The molecule has 2 aromatic rings. The molecule has 2 aromatic carbocycles. The van der Waals surface area contributed by atoms with Gasteiger partial charge in [-0.15, -0.1) is 0 Å². The lowest BCUT2D eigenvalue weighted by Crippen LogP contribution is -2.31. The number of rotatable bonds is 8. The fraction of sp³-hybridized carbons (Fsp3) is 0.316. The molecule has 0 saturated heterocycles. The maximum Gasteiger partial charge on any atom is 0.416 e. The van der Waals surface area contributed by atoms with E-state index in [0.717, 1.165) is 12.1 Å². The fourth-order valence-electron chi connectivity index (χ4n) is 2.33. The number of anilines is 1. The van der Waals surface area contributed by atoms with Gasteiger partial charge in [-0.3, -0.25) is 4.79 Å². The van der Waals surface area contributed by atoms with Crippen LogP contribution in [0.25, 0.3) is 0 Å². The number of halogens is 3. The molecule has 3 N–H and O–H groups in total. The molecule has 0 saturated carbocycles. The van der Waals surface area contributed by atoms with Crippen LogP contribution in [0.5, 0.6) is 5.75 Å². The minimum atomic E-state index is -4.35. The summed E-state index contributed by atoms with van der Waals surface area (Å²) in [6.45, 7) is 1.90. The molecule has 0 aromatic heterocycles. The first-order chi connectivity index (χ1) is 12.8. The maximum absolute atomic E-state index is 12.5. The highest BCUT2D eigenvalue weighted by Gasteiger charge is 2.29. The van der Waals surface area contributed by atoms with Crippen molar-refractivity contribution in [1.29, 1.82) is 0 Å². The number of hydrogen-bond donors (Lipinski definition) is 3. The molecule has 8 heteroatoms. The zero-order valence-corrected chi connectivity index (χ0v) is 14.7. The summed E-state index contributed by atoms with van der Waals surface area (Å²) < 4.78 is 43.1. The van der Waals surface area contributed by atoms with Gasteiger partial charge in [-0.1, -0.05) is 24.3 Å². The minimum Gasteiger partial charge on any atom is -0.489 e. The van der Waals surface area contributed by atoms with Gasteiger partial charge in [-0.2, -0.15) is 13.2 Å². The number of nitrogens with one attached hydrogen (secondary N) is 2. The maximum atomic E-state index is 12.5. The minimum absolute atomic E-state index is 0.00336. The lowest BCUT2D eigenvalue weighted by molar-refractivity contribution is -0.137. The van der Waals surface area contributed by atoms with E-state index in [1.807, 2.05) is 0 Å². The average Bonchev–Trinajstić information content (AvgIpc) is 2.60. The van der Waals surface area contributed by atoms with E-state index in [2.05, 4.69) is 10.6 Å². The van der Waals surface area contributed by atoms with E-state index in [4.69, 9.17) is 4.74 Å². The van der Waals surface area contributed by atoms with Crippen LogP contribution in [-0.2, 0) is 17.5 Å². The van der Waals surface area contributed by atoms with Gasteiger partial charge in [0.1, 0.15) is 18.5 Å². The number of hydrogen-bond acceptors (Lipinski definition) is 4. The van der Waals surface area contributed by atoms with E-state index in [1.165, 1.54) is 19.1 Å². The third-order valence-corrected chi connectivity index (χ3v) is 3.62. The zero-order chi connectivity index (χ0) is 19.9. The lowest BCUT2D eigenvalue weighted by atomic mass is 10.1. The van der Waals surface area contributed by atoms with Crippen molar-refractivity contribution < 1.29 is 27.8 Å². The van der Waals surface area contributed by atoms with Crippen molar-refractivity contribution in [3.63, 3.8) is 0 Å². The van der Waals surface area contributed by atoms with Gasteiger partial charge in [0.15, 0.2) is 0 Å². The zero-order valence-electron chi connectivity index (χ0n) is 14.7. The van der Waals surface area contributed by atoms with Crippen LogP contribution in [0.15, 0.2) is 48.5 Å². The molecule has 0 heterocycles. The summed E-state index contributed by atoms with van der Waals surface area (Å²) in [6, 6.07) is 11.7. The molecule has 1 unspecified atom stereocenters. The smallest absolute Gasteiger partial charge is 0.416 e. The van der Waals surface area contributed by atoms with Crippen molar-refractivity contribution in [3.8, 4) is 5.75 Å². The van der Waals surface area contributed by atoms with E-state index in [1.54, 1.807) is 24.3 Å². The van der Waals surface area contributed by atoms with Gasteiger partial charge in [0, 0.05) is 20.0 Å². The van der Waals surface area contributed by atoms with Crippen molar-refractivity contribution in [3.05, 3.63) is 59.7 Å². The second-order valence-electron chi connectivity index (χ2n) is 5.97. The topological polar surface area (TPSA) is 70.6 Å². The molecule has 5 nitrogen and oxygen atoms in total. The lowest BCUT2D eigenvalue weighted by Gasteiger charge is -2.16. The Kier molecular flexibility index (Phi) is 7.20. The first kappa shape index (κ1) is 20.7. The van der Waals surface area contributed by atoms with Gasteiger partial charge in [0.25, 0.3) is 0 Å². The fourth-order valence-corrected chi connectivity index (χ4v) is 2.33. The Labute approximate surface area is 155 Å². The van der Waals surface area contributed by atoms with E-state index in [9.17, 15) is 23.1 Å². The Morgan fingerprint density at radius 2 is 1.81 bits per heavy atom. The SMILES string of the molecule is CC(=O)Nc1ccccc1OCC(O)CNCc1ccc(C(F)(F)F)cc1. The van der Waals surface area contributed by atoms with Gasteiger partial charge in [0.05, 0.1) is 11.3 Å². The number of carbonyl (C=O) groups is 1. The van der Waals surface area contributed by atoms with Crippen LogP contribution in [0.2, 0.25) is 0 Å². The number of amides is 1. The Hall–Kier alpha value is -2.58. The molecular formula is C19H21F3N2O3. The Morgan fingerprint density at radius 3 is 2.44 bits per heavy atom. The number of benzene rings is 2. The van der Waals surface area contributed by atoms with Gasteiger partial charge in [0.2, 0.25) is 5.91 Å². The van der Waals surface area contributed by atoms with Crippen LogP contribution >= 0.6 is 0 Å². The number of aliphatic hydroxyl groups excluding tert-OH is 1. The molecule has 0 aliphatic rings. The average molecular weight is 382 g/mol.